The van der Waals surface area contributed by atoms with Gasteiger partial charge in [-0.2, -0.15) is 0 Å². The van der Waals surface area contributed by atoms with Gasteiger partial charge in [0.1, 0.15) is 0 Å². The first kappa shape index (κ1) is 14.8. The highest BCUT2D eigenvalue weighted by atomic mass is 127. The van der Waals surface area contributed by atoms with Crippen molar-refractivity contribution in [2.24, 2.45) is 11.7 Å². The number of rotatable bonds is 2. The molecule has 1 aromatic carbocycles. The number of halogens is 1. The van der Waals surface area contributed by atoms with Gasteiger partial charge in [-0.25, -0.2) is 0 Å². The summed E-state index contributed by atoms with van der Waals surface area (Å²) in [5.74, 6) is 0.796. The molecule has 1 aliphatic heterocycles. The van der Waals surface area contributed by atoms with E-state index in [0.29, 0.717) is 12.5 Å². The number of hydrogen-bond acceptors (Lipinski definition) is 2. The summed E-state index contributed by atoms with van der Waals surface area (Å²) in [6.45, 7) is 5.64. The van der Waals surface area contributed by atoms with E-state index in [0.717, 1.165) is 34.1 Å². The summed E-state index contributed by atoms with van der Waals surface area (Å²) >= 11 is 2.23. The molecule has 104 valence electrons. The van der Waals surface area contributed by atoms with Gasteiger partial charge < -0.3 is 10.6 Å². The van der Waals surface area contributed by atoms with E-state index in [1.807, 2.05) is 30.0 Å². The first-order valence-electron chi connectivity index (χ1n) is 6.80. The van der Waals surface area contributed by atoms with Gasteiger partial charge in [0.15, 0.2) is 0 Å². The molecule has 0 spiro atoms. The molecule has 1 heterocycles. The Bertz CT molecular complexity index is 475. The molecule has 0 bridgehead atoms. The lowest BCUT2D eigenvalue weighted by Gasteiger charge is -2.38. The van der Waals surface area contributed by atoms with Crippen LogP contribution in [0.15, 0.2) is 18.2 Å². The molecule has 1 amide bonds. The number of nitrogens with two attached hydrogens (primary N) is 1. The summed E-state index contributed by atoms with van der Waals surface area (Å²) in [6.07, 6.45) is 2.09. The minimum Gasteiger partial charge on any atom is -0.334 e. The van der Waals surface area contributed by atoms with Gasteiger partial charge in [-0.05, 0) is 60.4 Å². The highest BCUT2D eigenvalue weighted by Gasteiger charge is 2.30. The third-order valence-corrected chi connectivity index (χ3v) is 4.80. The Balaban J connectivity index is 2.25. The molecule has 0 radical (unpaired) electrons. The summed E-state index contributed by atoms with van der Waals surface area (Å²) in [5, 5.41) is 0. The predicted octanol–water partition coefficient (Wildman–Crippen LogP) is 2.80. The van der Waals surface area contributed by atoms with Gasteiger partial charge in [0.05, 0.1) is 5.56 Å². The number of benzene rings is 1. The monoisotopic (exact) mass is 372 g/mol. The zero-order valence-electron chi connectivity index (χ0n) is 11.5. The molecule has 1 saturated heterocycles. The molecule has 2 unspecified atom stereocenters. The van der Waals surface area contributed by atoms with Crippen LogP contribution in [0, 0.1) is 16.4 Å². The van der Waals surface area contributed by atoms with Gasteiger partial charge in [0.25, 0.3) is 5.91 Å². The molecule has 0 aromatic heterocycles. The van der Waals surface area contributed by atoms with Gasteiger partial charge >= 0.3 is 0 Å². The molecule has 3 nitrogen and oxygen atoms in total. The van der Waals surface area contributed by atoms with Crippen LogP contribution in [0.5, 0.6) is 0 Å². The number of hydrogen-bond donors (Lipinski definition) is 1. The summed E-state index contributed by atoms with van der Waals surface area (Å²) in [4.78, 5) is 14.7. The lowest BCUT2D eigenvalue weighted by Crippen LogP contribution is -2.49. The molecule has 2 rings (SSSR count). The third-order valence-electron chi connectivity index (χ3n) is 3.86. The number of carbonyl (C=O) groups excluding carboxylic acids is 1. The van der Waals surface area contributed by atoms with Crippen molar-refractivity contribution < 1.29 is 4.79 Å². The molecule has 0 aliphatic carbocycles. The SMILES string of the molecule is Cc1ccc(I)c(C(=O)N2CCC(C)CC2CN)c1. The van der Waals surface area contributed by atoms with E-state index in [9.17, 15) is 4.79 Å². The molecule has 1 aliphatic rings. The van der Waals surface area contributed by atoms with Crippen molar-refractivity contribution >= 4 is 28.5 Å². The van der Waals surface area contributed by atoms with Crippen LogP contribution in [0.2, 0.25) is 0 Å². The van der Waals surface area contributed by atoms with Crippen LogP contribution in [0.4, 0.5) is 0 Å². The number of nitrogens with zero attached hydrogens (tertiary/aromatic N) is 1. The molecule has 19 heavy (non-hydrogen) atoms. The second-order valence-electron chi connectivity index (χ2n) is 5.50. The van der Waals surface area contributed by atoms with Crippen LogP contribution in [0.1, 0.15) is 35.7 Å². The zero-order valence-corrected chi connectivity index (χ0v) is 13.7. The second kappa shape index (κ2) is 6.22. The van der Waals surface area contributed by atoms with Crippen molar-refractivity contribution in [3.8, 4) is 0 Å². The Morgan fingerprint density at radius 3 is 2.95 bits per heavy atom. The van der Waals surface area contributed by atoms with E-state index in [1.54, 1.807) is 0 Å². The fraction of sp³-hybridized carbons (Fsp3) is 0.533. The maximum atomic E-state index is 12.7. The second-order valence-corrected chi connectivity index (χ2v) is 6.66. The predicted molar refractivity (Wildman–Crippen MR) is 86.2 cm³/mol. The zero-order chi connectivity index (χ0) is 14.0. The van der Waals surface area contributed by atoms with Gasteiger partial charge in [0.2, 0.25) is 0 Å². The highest BCUT2D eigenvalue weighted by Crippen LogP contribution is 2.25. The number of amides is 1. The van der Waals surface area contributed by atoms with E-state index in [4.69, 9.17) is 5.73 Å². The molecule has 2 N–H and O–H groups in total. The first-order valence-corrected chi connectivity index (χ1v) is 7.88. The lowest BCUT2D eigenvalue weighted by atomic mass is 9.92. The number of carbonyl (C=O) groups is 1. The first-order chi connectivity index (χ1) is 9.02. The van der Waals surface area contributed by atoms with Crippen LogP contribution in [-0.2, 0) is 0 Å². The topological polar surface area (TPSA) is 46.3 Å². The Morgan fingerprint density at radius 2 is 2.26 bits per heavy atom. The van der Waals surface area contributed by atoms with Crippen molar-refractivity contribution in [1.82, 2.24) is 4.90 Å². The van der Waals surface area contributed by atoms with Crippen molar-refractivity contribution in [3.63, 3.8) is 0 Å². The third kappa shape index (κ3) is 3.28. The van der Waals surface area contributed by atoms with Gasteiger partial charge in [-0.15, -0.1) is 0 Å². The Hall–Kier alpha value is -0.620. The van der Waals surface area contributed by atoms with Crippen LogP contribution < -0.4 is 5.73 Å². The normalized spacial score (nSPS) is 23.5. The number of aryl methyl sites for hydroxylation is 1. The van der Waals surface area contributed by atoms with Gasteiger partial charge in [-0.3, -0.25) is 4.79 Å². The maximum absolute atomic E-state index is 12.7. The average molecular weight is 372 g/mol. The molecule has 0 saturated carbocycles. The van der Waals surface area contributed by atoms with Crippen molar-refractivity contribution in [3.05, 3.63) is 32.9 Å². The van der Waals surface area contributed by atoms with Crippen molar-refractivity contribution in [2.75, 3.05) is 13.1 Å². The van der Waals surface area contributed by atoms with E-state index in [-0.39, 0.29) is 11.9 Å². The fourth-order valence-corrected chi connectivity index (χ4v) is 3.27. The molecular formula is C15H21IN2O. The molecule has 4 heteroatoms. The smallest absolute Gasteiger partial charge is 0.255 e. The Labute approximate surface area is 128 Å². The van der Waals surface area contributed by atoms with Crippen molar-refractivity contribution in [2.45, 2.75) is 32.7 Å². The summed E-state index contributed by atoms with van der Waals surface area (Å²) in [7, 11) is 0. The summed E-state index contributed by atoms with van der Waals surface area (Å²) in [6, 6.07) is 6.22. The van der Waals surface area contributed by atoms with Crippen LogP contribution in [0.25, 0.3) is 0 Å². The van der Waals surface area contributed by atoms with E-state index in [2.05, 4.69) is 29.5 Å². The van der Waals surface area contributed by atoms with Gasteiger partial charge in [-0.1, -0.05) is 18.6 Å². The van der Waals surface area contributed by atoms with E-state index < -0.39 is 0 Å². The quantitative estimate of drug-likeness (QED) is 0.812. The number of likely N-dealkylation sites (tertiary alicyclic amines) is 1. The van der Waals surface area contributed by atoms with Crippen LogP contribution >= 0.6 is 22.6 Å². The molecule has 1 aromatic rings. The van der Waals surface area contributed by atoms with Crippen LogP contribution in [0.3, 0.4) is 0 Å². The standard InChI is InChI=1S/C15H21IN2O/c1-10-3-4-14(16)13(8-10)15(19)18-6-5-11(2)7-12(18)9-17/h3-4,8,11-12H,5-7,9,17H2,1-2H3. The van der Waals surface area contributed by atoms with E-state index in [1.165, 1.54) is 0 Å². The van der Waals surface area contributed by atoms with Crippen LogP contribution in [-0.4, -0.2) is 29.9 Å². The number of piperidine rings is 1. The highest BCUT2D eigenvalue weighted by molar-refractivity contribution is 14.1. The molecule has 1 fully saturated rings. The Kier molecular flexibility index (Phi) is 4.84. The summed E-state index contributed by atoms with van der Waals surface area (Å²) < 4.78 is 1.02. The maximum Gasteiger partial charge on any atom is 0.255 e. The lowest BCUT2D eigenvalue weighted by molar-refractivity contribution is 0.0572. The summed E-state index contributed by atoms with van der Waals surface area (Å²) in [5.41, 5.74) is 7.78. The van der Waals surface area contributed by atoms with E-state index >= 15 is 0 Å². The molecule has 2 atom stereocenters. The minimum atomic E-state index is 0.135. The molecular weight excluding hydrogens is 351 g/mol. The minimum absolute atomic E-state index is 0.135. The fourth-order valence-electron chi connectivity index (χ4n) is 2.70. The Morgan fingerprint density at radius 1 is 1.53 bits per heavy atom. The average Bonchev–Trinajstić information content (AvgIpc) is 2.40. The van der Waals surface area contributed by atoms with Gasteiger partial charge in [0, 0.05) is 22.7 Å². The van der Waals surface area contributed by atoms with Crippen molar-refractivity contribution in [1.29, 1.82) is 0 Å². The largest absolute Gasteiger partial charge is 0.334 e.